The van der Waals surface area contributed by atoms with E-state index in [9.17, 15) is 4.79 Å². The van der Waals surface area contributed by atoms with Crippen LogP contribution in [0.15, 0.2) is 12.1 Å². The van der Waals surface area contributed by atoms with Crippen molar-refractivity contribution in [2.75, 3.05) is 19.0 Å². The van der Waals surface area contributed by atoms with Crippen molar-refractivity contribution in [1.82, 2.24) is 4.98 Å². The van der Waals surface area contributed by atoms with Gasteiger partial charge in [-0.2, -0.15) is 0 Å². The molecule has 0 saturated heterocycles. The molecule has 0 atom stereocenters. The van der Waals surface area contributed by atoms with E-state index < -0.39 is 0 Å². The molecule has 1 N–H and O–H groups in total. The molecule has 1 heterocycles. The molecule has 1 rings (SSSR count). The van der Waals surface area contributed by atoms with Gasteiger partial charge in [-0.15, -0.1) is 0 Å². The molecule has 1 aromatic heterocycles. The number of hydrogen-bond acceptors (Lipinski definition) is 4. The highest BCUT2D eigenvalue weighted by molar-refractivity contribution is 5.90. The van der Waals surface area contributed by atoms with Crippen LogP contribution in [-0.2, 0) is 4.74 Å². The first-order chi connectivity index (χ1) is 8.54. The number of pyridine rings is 1. The van der Waals surface area contributed by atoms with Crippen LogP contribution in [0.1, 0.15) is 42.7 Å². The largest absolute Gasteiger partial charge is 0.465 e. The molecule has 0 saturated carbocycles. The number of carbonyl (C=O) groups excluding carboxylic acids is 1. The van der Waals surface area contributed by atoms with Crippen molar-refractivity contribution in [1.29, 1.82) is 0 Å². The zero-order valence-corrected chi connectivity index (χ0v) is 11.6. The Morgan fingerprint density at radius 1 is 1.44 bits per heavy atom. The Morgan fingerprint density at radius 2 is 2.17 bits per heavy atom. The van der Waals surface area contributed by atoms with Gasteiger partial charge in [0.2, 0.25) is 0 Å². The van der Waals surface area contributed by atoms with Crippen molar-refractivity contribution in [3.63, 3.8) is 0 Å². The first-order valence-electron chi connectivity index (χ1n) is 6.34. The third-order valence-electron chi connectivity index (χ3n) is 2.76. The van der Waals surface area contributed by atoms with E-state index in [1.165, 1.54) is 13.5 Å². The quantitative estimate of drug-likeness (QED) is 0.623. The standard InChI is InChI=1S/C14H22N2O2/c1-10(2)6-5-9-15-13-8-7-12(11(3)16-13)14(17)18-4/h7-8,10H,5-6,9H2,1-4H3,(H,15,16). The smallest absolute Gasteiger partial charge is 0.339 e. The van der Waals surface area contributed by atoms with Crippen LogP contribution in [0.3, 0.4) is 0 Å². The van der Waals surface area contributed by atoms with E-state index in [1.807, 2.05) is 13.0 Å². The van der Waals surface area contributed by atoms with Crippen LogP contribution in [0.2, 0.25) is 0 Å². The minimum absolute atomic E-state index is 0.341. The van der Waals surface area contributed by atoms with E-state index in [-0.39, 0.29) is 5.97 Å². The Bertz CT molecular complexity index is 403. The molecule has 0 bridgehead atoms. The normalized spacial score (nSPS) is 10.5. The molecule has 4 nitrogen and oxygen atoms in total. The van der Waals surface area contributed by atoms with Crippen molar-refractivity contribution in [3.8, 4) is 0 Å². The number of carbonyl (C=O) groups is 1. The summed E-state index contributed by atoms with van der Waals surface area (Å²) in [5, 5.41) is 3.26. The second-order valence-electron chi connectivity index (χ2n) is 4.78. The fraction of sp³-hybridized carbons (Fsp3) is 0.571. The number of methoxy groups -OCH3 is 1. The molecule has 4 heteroatoms. The summed E-state index contributed by atoms with van der Waals surface area (Å²) in [5.74, 6) is 1.19. The maximum absolute atomic E-state index is 11.4. The molecular formula is C14H22N2O2. The van der Waals surface area contributed by atoms with E-state index in [0.29, 0.717) is 11.3 Å². The zero-order chi connectivity index (χ0) is 13.5. The van der Waals surface area contributed by atoms with Gasteiger partial charge in [0.15, 0.2) is 0 Å². The summed E-state index contributed by atoms with van der Waals surface area (Å²) in [7, 11) is 1.37. The fourth-order valence-electron chi connectivity index (χ4n) is 1.71. The summed E-state index contributed by atoms with van der Waals surface area (Å²) in [4.78, 5) is 15.7. The molecule has 1 aromatic rings. The monoisotopic (exact) mass is 250 g/mol. The van der Waals surface area contributed by atoms with Crippen LogP contribution in [0.4, 0.5) is 5.82 Å². The summed E-state index contributed by atoms with van der Waals surface area (Å²) in [5.41, 5.74) is 1.21. The topological polar surface area (TPSA) is 51.2 Å². The molecule has 0 aliphatic rings. The number of aromatic nitrogens is 1. The number of nitrogens with one attached hydrogen (secondary N) is 1. The highest BCUT2D eigenvalue weighted by Crippen LogP contribution is 2.12. The van der Waals surface area contributed by atoms with Gasteiger partial charge in [-0.3, -0.25) is 0 Å². The van der Waals surface area contributed by atoms with Crippen LogP contribution in [-0.4, -0.2) is 24.6 Å². The molecule has 0 aliphatic carbocycles. The van der Waals surface area contributed by atoms with Gasteiger partial charge < -0.3 is 10.1 Å². The van der Waals surface area contributed by atoms with Gasteiger partial charge in [0.1, 0.15) is 5.82 Å². The number of rotatable bonds is 6. The van der Waals surface area contributed by atoms with Gasteiger partial charge in [-0.25, -0.2) is 9.78 Å². The van der Waals surface area contributed by atoms with Gasteiger partial charge in [-0.1, -0.05) is 13.8 Å². The van der Waals surface area contributed by atoms with Gasteiger partial charge >= 0.3 is 5.97 Å². The summed E-state index contributed by atoms with van der Waals surface area (Å²) in [6, 6.07) is 3.56. The maximum atomic E-state index is 11.4. The lowest BCUT2D eigenvalue weighted by molar-refractivity contribution is 0.0599. The van der Waals surface area contributed by atoms with Gasteiger partial charge in [0.25, 0.3) is 0 Å². The minimum Gasteiger partial charge on any atom is -0.465 e. The number of esters is 1. The molecule has 18 heavy (non-hydrogen) atoms. The summed E-state index contributed by atoms with van der Waals surface area (Å²) >= 11 is 0. The van der Waals surface area contributed by atoms with Gasteiger partial charge in [0, 0.05) is 6.54 Å². The lowest BCUT2D eigenvalue weighted by atomic mass is 10.1. The van der Waals surface area contributed by atoms with E-state index in [2.05, 4.69) is 28.9 Å². The van der Waals surface area contributed by atoms with E-state index >= 15 is 0 Å². The van der Waals surface area contributed by atoms with Crippen LogP contribution in [0.25, 0.3) is 0 Å². The summed E-state index contributed by atoms with van der Waals surface area (Å²) in [6.45, 7) is 7.15. The van der Waals surface area contributed by atoms with E-state index in [4.69, 9.17) is 0 Å². The predicted molar refractivity (Wildman–Crippen MR) is 72.9 cm³/mol. The van der Waals surface area contributed by atoms with Crippen molar-refractivity contribution >= 4 is 11.8 Å². The molecule has 0 radical (unpaired) electrons. The second-order valence-corrected chi connectivity index (χ2v) is 4.78. The molecule has 100 valence electrons. The lowest BCUT2D eigenvalue weighted by Gasteiger charge is -2.09. The number of hydrogen-bond donors (Lipinski definition) is 1. The van der Waals surface area contributed by atoms with Crippen LogP contribution < -0.4 is 5.32 Å². The van der Waals surface area contributed by atoms with Crippen molar-refractivity contribution in [2.45, 2.75) is 33.6 Å². The molecule has 0 spiro atoms. The third kappa shape index (κ3) is 4.35. The number of anilines is 1. The first-order valence-corrected chi connectivity index (χ1v) is 6.34. The van der Waals surface area contributed by atoms with E-state index in [0.717, 1.165) is 24.7 Å². The van der Waals surface area contributed by atoms with Gasteiger partial charge in [-0.05, 0) is 37.8 Å². The molecular weight excluding hydrogens is 228 g/mol. The van der Waals surface area contributed by atoms with Crippen LogP contribution in [0, 0.1) is 12.8 Å². The predicted octanol–water partition coefficient (Wildman–Crippen LogP) is 3.02. The fourth-order valence-corrected chi connectivity index (χ4v) is 1.71. The molecule has 0 aliphatic heterocycles. The van der Waals surface area contributed by atoms with Crippen molar-refractivity contribution in [2.24, 2.45) is 5.92 Å². The number of ether oxygens (including phenoxy) is 1. The number of aryl methyl sites for hydroxylation is 1. The van der Waals surface area contributed by atoms with Crippen LogP contribution >= 0.6 is 0 Å². The molecule has 0 fully saturated rings. The Hall–Kier alpha value is -1.58. The average Bonchev–Trinajstić information content (AvgIpc) is 2.33. The van der Waals surface area contributed by atoms with E-state index in [1.54, 1.807) is 6.07 Å². The minimum atomic E-state index is -0.341. The van der Waals surface area contributed by atoms with Gasteiger partial charge in [0.05, 0.1) is 18.4 Å². The average molecular weight is 250 g/mol. The Morgan fingerprint density at radius 3 is 2.72 bits per heavy atom. The Balaban J connectivity index is 2.54. The highest BCUT2D eigenvalue weighted by Gasteiger charge is 2.10. The molecule has 0 amide bonds. The number of nitrogens with zero attached hydrogens (tertiary/aromatic N) is 1. The maximum Gasteiger partial charge on any atom is 0.339 e. The Kier molecular flexibility index (Phi) is 5.62. The summed E-state index contributed by atoms with van der Waals surface area (Å²) < 4.78 is 4.68. The molecule has 0 unspecified atom stereocenters. The summed E-state index contributed by atoms with van der Waals surface area (Å²) in [6.07, 6.45) is 2.32. The second kappa shape index (κ2) is 6.99. The SMILES string of the molecule is COC(=O)c1ccc(NCCCC(C)C)nc1C. The molecule has 0 aromatic carbocycles. The third-order valence-corrected chi connectivity index (χ3v) is 2.76. The first kappa shape index (κ1) is 14.5. The van der Waals surface area contributed by atoms with Crippen molar-refractivity contribution in [3.05, 3.63) is 23.4 Å². The zero-order valence-electron chi connectivity index (χ0n) is 11.6. The van der Waals surface area contributed by atoms with Crippen LogP contribution in [0.5, 0.6) is 0 Å². The lowest BCUT2D eigenvalue weighted by Crippen LogP contribution is -2.09. The Labute approximate surface area is 109 Å². The van der Waals surface area contributed by atoms with Crippen molar-refractivity contribution < 1.29 is 9.53 Å². The highest BCUT2D eigenvalue weighted by atomic mass is 16.5.